The van der Waals surface area contributed by atoms with Crippen molar-refractivity contribution in [3.05, 3.63) is 29.3 Å². The van der Waals surface area contributed by atoms with E-state index in [1.165, 1.54) is 5.56 Å². The summed E-state index contributed by atoms with van der Waals surface area (Å²) in [6, 6.07) is 5.58. The SMILES string of the molecule is O=S1(=O)CC[C@@H](N2CCN(S(=O)(=O)c3ccc4c(c3)CCC4)CC2)C1. The highest BCUT2D eigenvalue weighted by Crippen LogP contribution is 2.27. The first-order valence-electron chi connectivity index (χ1n) is 8.92. The van der Waals surface area contributed by atoms with Crippen molar-refractivity contribution in [1.82, 2.24) is 9.21 Å². The van der Waals surface area contributed by atoms with Crippen molar-refractivity contribution in [2.45, 2.75) is 36.6 Å². The molecule has 0 radical (unpaired) electrons. The fourth-order valence-electron chi connectivity index (χ4n) is 4.23. The summed E-state index contributed by atoms with van der Waals surface area (Å²) in [6.45, 7) is 2.06. The van der Waals surface area contributed by atoms with Crippen molar-refractivity contribution in [1.29, 1.82) is 0 Å². The maximum atomic E-state index is 12.9. The average molecular weight is 385 g/mol. The first-order chi connectivity index (χ1) is 11.9. The molecule has 3 aliphatic rings. The molecule has 0 amide bonds. The molecule has 8 heteroatoms. The highest BCUT2D eigenvalue weighted by molar-refractivity contribution is 7.91. The number of benzene rings is 1. The van der Waals surface area contributed by atoms with E-state index in [0.29, 0.717) is 37.5 Å². The van der Waals surface area contributed by atoms with Crippen LogP contribution in [0.5, 0.6) is 0 Å². The zero-order valence-electron chi connectivity index (χ0n) is 14.2. The van der Waals surface area contributed by atoms with Gasteiger partial charge in [-0.25, -0.2) is 16.8 Å². The number of piperazine rings is 1. The molecule has 1 aliphatic carbocycles. The molecule has 0 spiro atoms. The third-order valence-corrected chi connectivity index (χ3v) is 9.35. The predicted molar refractivity (Wildman–Crippen MR) is 95.9 cm³/mol. The Bertz CT molecular complexity index is 872. The normalized spacial score (nSPS) is 27.4. The van der Waals surface area contributed by atoms with Crippen LogP contribution in [-0.4, -0.2) is 69.8 Å². The van der Waals surface area contributed by atoms with E-state index in [4.69, 9.17) is 0 Å². The molecular weight excluding hydrogens is 360 g/mol. The Morgan fingerprint density at radius 3 is 2.40 bits per heavy atom. The first-order valence-corrected chi connectivity index (χ1v) is 12.2. The van der Waals surface area contributed by atoms with Crippen molar-refractivity contribution >= 4 is 19.9 Å². The van der Waals surface area contributed by atoms with Gasteiger partial charge in [-0.15, -0.1) is 0 Å². The molecule has 0 N–H and O–H groups in total. The quantitative estimate of drug-likeness (QED) is 0.766. The minimum atomic E-state index is -3.46. The average Bonchev–Trinajstić information content (AvgIpc) is 3.20. The summed E-state index contributed by atoms with van der Waals surface area (Å²) < 4.78 is 50.7. The highest BCUT2D eigenvalue weighted by atomic mass is 32.2. The summed E-state index contributed by atoms with van der Waals surface area (Å²) in [5.41, 5.74) is 2.43. The zero-order chi connectivity index (χ0) is 17.7. The molecule has 0 unspecified atom stereocenters. The molecule has 1 aromatic carbocycles. The molecule has 0 bridgehead atoms. The van der Waals surface area contributed by atoms with Crippen LogP contribution in [0.25, 0.3) is 0 Å². The third kappa shape index (κ3) is 3.37. The standard InChI is InChI=1S/C17H24N2O4S2/c20-24(21)11-6-16(13-24)18-7-9-19(10-8-18)25(22,23)17-5-4-14-2-1-3-15(14)12-17/h4-5,12,16H,1-3,6-11,13H2/t16-/m1/s1. The molecule has 2 fully saturated rings. The largest absolute Gasteiger partial charge is 0.297 e. The van der Waals surface area contributed by atoms with Crippen LogP contribution < -0.4 is 0 Å². The van der Waals surface area contributed by atoms with Crippen molar-refractivity contribution in [3.8, 4) is 0 Å². The second-order valence-electron chi connectivity index (χ2n) is 7.28. The van der Waals surface area contributed by atoms with E-state index < -0.39 is 19.9 Å². The van der Waals surface area contributed by atoms with Gasteiger partial charge in [0.05, 0.1) is 16.4 Å². The molecule has 1 atom stereocenters. The second kappa shape index (κ2) is 6.33. The zero-order valence-corrected chi connectivity index (χ0v) is 15.9. The first kappa shape index (κ1) is 17.5. The number of hydrogen-bond donors (Lipinski definition) is 0. The molecule has 138 valence electrons. The summed E-state index contributed by atoms with van der Waals surface area (Å²) in [4.78, 5) is 2.53. The lowest BCUT2D eigenvalue weighted by Gasteiger charge is -2.37. The Kier molecular flexibility index (Phi) is 4.42. The van der Waals surface area contributed by atoms with E-state index >= 15 is 0 Å². The fourth-order valence-corrected chi connectivity index (χ4v) is 7.47. The molecule has 6 nitrogen and oxygen atoms in total. The monoisotopic (exact) mass is 384 g/mol. The minimum Gasteiger partial charge on any atom is -0.297 e. The molecule has 4 rings (SSSR count). The predicted octanol–water partition coefficient (Wildman–Crippen LogP) is 0.669. The van der Waals surface area contributed by atoms with Crippen molar-refractivity contribution < 1.29 is 16.8 Å². The van der Waals surface area contributed by atoms with E-state index in [1.807, 2.05) is 12.1 Å². The number of sulfonamides is 1. The van der Waals surface area contributed by atoms with Gasteiger partial charge in [-0.3, -0.25) is 4.90 Å². The van der Waals surface area contributed by atoms with Gasteiger partial charge >= 0.3 is 0 Å². The van der Waals surface area contributed by atoms with E-state index in [9.17, 15) is 16.8 Å². The molecule has 0 saturated carbocycles. The molecule has 25 heavy (non-hydrogen) atoms. The van der Waals surface area contributed by atoms with Crippen molar-refractivity contribution in [3.63, 3.8) is 0 Å². The van der Waals surface area contributed by atoms with Crippen LogP contribution in [0, 0.1) is 0 Å². The van der Waals surface area contributed by atoms with Gasteiger partial charge in [0.2, 0.25) is 10.0 Å². The number of rotatable bonds is 3. The van der Waals surface area contributed by atoms with Gasteiger partial charge in [-0.1, -0.05) is 6.07 Å². The van der Waals surface area contributed by atoms with Gasteiger partial charge in [0.15, 0.2) is 9.84 Å². The van der Waals surface area contributed by atoms with Crippen LogP contribution in [0.15, 0.2) is 23.1 Å². The fraction of sp³-hybridized carbons (Fsp3) is 0.647. The number of sulfone groups is 1. The van der Waals surface area contributed by atoms with Gasteiger partial charge < -0.3 is 0 Å². The van der Waals surface area contributed by atoms with E-state index in [0.717, 1.165) is 24.8 Å². The molecule has 2 heterocycles. The van der Waals surface area contributed by atoms with Gasteiger partial charge in [0, 0.05) is 32.2 Å². The summed E-state index contributed by atoms with van der Waals surface area (Å²) in [7, 11) is -6.37. The van der Waals surface area contributed by atoms with Crippen LogP contribution in [0.4, 0.5) is 0 Å². The third-order valence-electron chi connectivity index (χ3n) is 5.71. The number of aryl methyl sites for hydroxylation is 2. The lowest BCUT2D eigenvalue weighted by Crippen LogP contribution is -2.52. The molecule has 2 aliphatic heterocycles. The second-order valence-corrected chi connectivity index (χ2v) is 11.4. The summed E-state index contributed by atoms with van der Waals surface area (Å²) in [6.07, 6.45) is 3.77. The Morgan fingerprint density at radius 1 is 1.00 bits per heavy atom. The Morgan fingerprint density at radius 2 is 1.72 bits per heavy atom. The lowest BCUT2D eigenvalue weighted by atomic mass is 10.1. The van der Waals surface area contributed by atoms with E-state index in [-0.39, 0.29) is 17.5 Å². The van der Waals surface area contributed by atoms with Gasteiger partial charge in [-0.2, -0.15) is 4.31 Å². The van der Waals surface area contributed by atoms with Gasteiger partial charge in [-0.05, 0) is 48.9 Å². The van der Waals surface area contributed by atoms with E-state index in [1.54, 1.807) is 10.4 Å². The molecule has 0 aromatic heterocycles. The number of hydrogen-bond acceptors (Lipinski definition) is 5. The maximum absolute atomic E-state index is 12.9. The Labute approximate surface area is 149 Å². The smallest absolute Gasteiger partial charge is 0.243 e. The maximum Gasteiger partial charge on any atom is 0.243 e. The van der Waals surface area contributed by atoms with Crippen LogP contribution >= 0.6 is 0 Å². The summed E-state index contributed by atoms with van der Waals surface area (Å²) in [5.74, 6) is 0.468. The number of fused-ring (bicyclic) bond motifs is 1. The van der Waals surface area contributed by atoms with Crippen molar-refractivity contribution in [2.75, 3.05) is 37.7 Å². The number of nitrogens with zero attached hydrogens (tertiary/aromatic N) is 2. The molecular formula is C17H24N2O4S2. The van der Waals surface area contributed by atoms with Gasteiger partial charge in [0.1, 0.15) is 0 Å². The minimum absolute atomic E-state index is 0.0508. The molecule has 1 aromatic rings. The van der Waals surface area contributed by atoms with Gasteiger partial charge in [0.25, 0.3) is 0 Å². The van der Waals surface area contributed by atoms with Crippen LogP contribution in [-0.2, 0) is 32.7 Å². The summed E-state index contributed by atoms with van der Waals surface area (Å²) >= 11 is 0. The van der Waals surface area contributed by atoms with Crippen LogP contribution in [0.1, 0.15) is 24.0 Å². The highest BCUT2D eigenvalue weighted by Gasteiger charge is 2.36. The topological polar surface area (TPSA) is 74.8 Å². The lowest BCUT2D eigenvalue weighted by molar-refractivity contribution is 0.148. The Balaban J connectivity index is 1.45. The molecule has 2 saturated heterocycles. The van der Waals surface area contributed by atoms with Crippen LogP contribution in [0.3, 0.4) is 0 Å². The van der Waals surface area contributed by atoms with E-state index in [2.05, 4.69) is 4.90 Å². The van der Waals surface area contributed by atoms with Crippen LogP contribution in [0.2, 0.25) is 0 Å². The Hall–Kier alpha value is -0.960. The summed E-state index contributed by atoms with van der Waals surface area (Å²) in [5, 5.41) is 0. The van der Waals surface area contributed by atoms with Crippen molar-refractivity contribution in [2.24, 2.45) is 0 Å².